The van der Waals surface area contributed by atoms with Crippen LogP contribution in [-0.4, -0.2) is 23.4 Å². The molecule has 0 bridgehead atoms. The van der Waals surface area contributed by atoms with Crippen molar-refractivity contribution in [3.05, 3.63) is 45.7 Å². The molecule has 3 aromatic rings. The molecule has 0 aliphatic heterocycles. The highest BCUT2D eigenvalue weighted by Gasteiger charge is 2.17. The van der Waals surface area contributed by atoms with Crippen LogP contribution in [0.25, 0.3) is 5.69 Å². The van der Waals surface area contributed by atoms with Crippen LogP contribution < -0.4 is 4.72 Å². The summed E-state index contributed by atoms with van der Waals surface area (Å²) in [5.41, 5.74) is 1.49. The third kappa shape index (κ3) is 3.27. The predicted molar refractivity (Wildman–Crippen MR) is 87.0 cm³/mol. The molecule has 0 spiro atoms. The monoisotopic (exact) mass is 354 g/mol. The van der Waals surface area contributed by atoms with Crippen LogP contribution in [0, 0.1) is 0 Å². The van der Waals surface area contributed by atoms with Crippen molar-refractivity contribution in [1.29, 1.82) is 0 Å². The molecule has 22 heavy (non-hydrogen) atoms. The van der Waals surface area contributed by atoms with Gasteiger partial charge in [0.25, 0.3) is 0 Å². The predicted octanol–water partition coefficient (Wildman–Crippen LogP) is 2.43. The number of sulfonamides is 1. The second kappa shape index (κ2) is 6.29. The van der Waals surface area contributed by atoms with Gasteiger partial charge >= 0.3 is 0 Å². The molecule has 3 heterocycles. The minimum Gasteiger partial charge on any atom is -0.220 e. The Morgan fingerprint density at radius 2 is 2.18 bits per heavy atom. The topological polar surface area (TPSA) is 76.9 Å². The Balaban J connectivity index is 1.69. The molecule has 3 aromatic heterocycles. The number of rotatable bonds is 6. The first-order valence-electron chi connectivity index (χ1n) is 6.60. The van der Waals surface area contributed by atoms with Crippen molar-refractivity contribution >= 4 is 32.7 Å². The van der Waals surface area contributed by atoms with Crippen molar-refractivity contribution in [3.63, 3.8) is 0 Å². The first kappa shape index (κ1) is 15.3. The molecule has 0 radical (unpaired) electrons. The molecular formula is C13H14N4O2S3. The summed E-state index contributed by atoms with van der Waals surface area (Å²) < 4.78 is 28.9. The van der Waals surface area contributed by atoms with Gasteiger partial charge < -0.3 is 0 Å². The van der Waals surface area contributed by atoms with Crippen molar-refractivity contribution in [2.24, 2.45) is 0 Å². The first-order chi connectivity index (χ1) is 10.6. The maximum absolute atomic E-state index is 12.2. The Kier molecular flexibility index (Phi) is 4.39. The van der Waals surface area contributed by atoms with Gasteiger partial charge in [0.15, 0.2) is 0 Å². The van der Waals surface area contributed by atoms with Crippen LogP contribution in [0.5, 0.6) is 0 Å². The Hall–Kier alpha value is -1.55. The minimum atomic E-state index is -3.50. The molecule has 0 saturated heterocycles. The maximum Gasteiger partial charge on any atom is 0.250 e. The standard InChI is InChI=1S/C13H14N4O2S3/c1-2-12-3-4-13(21-12)22(18,19)14-7-10-8-17(16-15-10)11-5-6-20-9-11/h3-6,8-9,14H,2,7H2,1H3. The first-order valence-corrected chi connectivity index (χ1v) is 9.85. The Bertz CT molecular complexity index is 850. The molecule has 0 atom stereocenters. The summed E-state index contributed by atoms with van der Waals surface area (Å²) in [7, 11) is -3.50. The van der Waals surface area contributed by atoms with E-state index in [1.54, 1.807) is 28.3 Å². The molecule has 0 aliphatic rings. The van der Waals surface area contributed by atoms with E-state index in [9.17, 15) is 8.42 Å². The van der Waals surface area contributed by atoms with Gasteiger partial charge in [-0.1, -0.05) is 12.1 Å². The summed E-state index contributed by atoms with van der Waals surface area (Å²) in [6.07, 6.45) is 2.55. The lowest BCUT2D eigenvalue weighted by Crippen LogP contribution is -2.22. The Morgan fingerprint density at radius 3 is 2.86 bits per heavy atom. The summed E-state index contributed by atoms with van der Waals surface area (Å²) in [5, 5.41) is 11.9. The minimum absolute atomic E-state index is 0.117. The van der Waals surface area contributed by atoms with Crippen molar-refractivity contribution in [2.75, 3.05) is 0 Å². The van der Waals surface area contributed by atoms with E-state index in [4.69, 9.17) is 0 Å². The van der Waals surface area contributed by atoms with E-state index in [0.717, 1.165) is 17.0 Å². The van der Waals surface area contributed by atoms with Crippen molar-refractivity contribution in [2.45, 2.75) is 24.1 Å². The molecule has 0 amide bonds. The average Bonchev–Trinajstić information content (AvgIpc) is 3.24. The normalized spacial score (nSPS) is 11.9. The zero-order valence-electron chi connectivity index (χ0n) is 11.8. The zero-order chi connectivity index (χ0) is 15.6. The van der Waals surface area contributed by atoms with Gasteiger partial charge in [0.2, 0.25) is 10.0 Å². The van der Waals surface area contributed by atoms with Gasteiger partial charge in [-0.25, -0.2) is 17.8 Å². The lowest BCUT2D eigenvalue weighted by molar-refractivity contribution is 0.582. The van der Waals surface area contributed by atoms with Crippen LogP contribution >= 0.6 is 22.7 Å². The molecule has 0 unspecified atom stereocenters. The number of nitrogens with one attached hydrogen (secondary N) is 1. The van der Waals surface area contributed by atoms with Gasteiger partial charge in [0.05, 0.1) is 24.1 Å². The number of aromatic nitrogens is 3. The van der Waals surface area contributed by atoms with Crippen LogP contribution in [0.15, 0.2) is 39.4 Å². The van der Waals surface area contributed by atoms with Crippen LogP contribution in [0.1, 0.15) is 17.5 Å². The van der Waals surface area contributed by atoms with E-state index in [1.165, 1.54) is 11.3 Å². The number of hydrogen-bond acceptors (Lipinski definition) is 6. The SMILES string of the molecule is CCc1ccc(S(=O)(=O)NCc2cn(-c3ccsc3)nn2)s1. The van der Waals surface area contributed by atoms with Crippen LogP contribution in [0.4, 0.5) is 0 Å². The maximum atomic E-state index is 12.2. The second-order valence-electron chi connectivity index (χ2n) is 4.53. The molecule has 3 rings (SSSR count). The lowest BCUT2D eigenvalue weighted by atomic mass is 10.4. The number of aryl methyl sites for hydroxylation is 1. The van der Waals surface area contributed by atoms with E-state index >= 15 is 0 Å². The summed E-state index contributed by atoms with van der Waals surface area (Å²) in [6, 6.07) is 5.39. The van der Waals surface area contributed by atoms with Gasteiger partial charge in [-0.3, -0.25) is 0 Å². The highest BCUT2D eigenvalue weighted by molar-refractivity contribution is 7.91. The number of nitrogens with zero attached hydrogens (tertiary/aromatic N) is 3. The van der Waals surface area contributed by atoms with Crippen molar-refractivity contribution in [3.8, 4) is 5.69 Å². The highest BCUT2D eigenvalue weighted by Crippen LogP contribution is 2.21. The van der Waals surface area contributed by atoms with Crippen molar-refractivity contribution < 1.29 is 8.42 Å². The van der Waals surface area contributed by atoms with Crippen molar-refractivity contribution in [1.82, 2.24) is 19.7 Å². The van der Waals surface area contributed by atoms with Crippen LogP contribution in [0.3, 0.4) is 0 Å². The fourth-order valence-corrected chi connectivity index (χ4v) is 4.79. The summed E-state index contributed by atoms with van der Waals surface area (Å²) in [4.78, 5) is 1.05. The Morgan fingerprint density at radius 1 is 1.32 bits per heavy atom. The van der Waals surface area contributed by atoms with Gasteiger partial charge in [0.1, 0.15) is 4.21 Å². The van der Waals surface area contributed by atoms with E-state index < -0.39 is 10.0 Å². The number of hydrogen-bond donors (Lipinski definition) is 1. The summed E-state index contributed by atoms with van der Waals surface area (Å²) >= 11 is 2.85. The molecule has 6 nitrogen and oxygen atoms in total. The van der Waals surface area contributed by atoms with Gasteiger partial charge in [0, 0.05) is 10.3 Å². The van der Waals surface area contributed by atoms with E-state index in [1.807, 2.05) is 29.8 Å². The summed E-state index contributed by atoms with van der Waals surface area (Å²) in [6.45, 7) is 2.12. The zero-order valence-corrected chi connectivity index (χ0v) is 14.2. The molecule has 116 valence electrons. The van der Waals surface area contributed by atoms with E-state index in [0.29, 0.717) is 9.90 Å². The third-order valence-corrected chi connectivity index (χ3v) is 6.80. The third-order valence-electron chi connectivity index (χ3n) is 3.01. The highest BCUT2D eigenvalue weighted by atomic mass is 32.2. The molecule has 9 heteroatoms. The molecule has 0 saturated carbocycles. The molecule has 0 aromatic carbocycles. The average molecular weight is 354 g/mol. The fourth-order valence-electron chi connectivity index (χ4n) is 1.83. The van der Waals surface area contributed by atoms with E-state index in [2.05, 4.69) is 15.0 Å². The van der Waals surface area contributed by atoms with Crippen LogP contribution in [0.2, 0.25) is 0 Å². The Labute approximate surface area is 136 Å². The van der Waals surface area contributed by atoms with Gasteiger partial charge in [-0.2, -0.15) is 11.3 Å². The quantitative estimate of drug-likeness (QED) is 0.737. The largest absolute Gasteiger partial charge is 0.250 e. The smallest absolute Gasteiger partial charge is 0.220 e. The summed E-state index contributed by atoms with van der Waals surface area (Å²) in [5.74, 6) is 0. The molecule has 1 N–H and O–H groups in total. The second-order valence-corrected chi connectivity index (χ2v) is 8.48. The fraction of sp³-hybridized carbons (Fsp3) is 0.231. The number of thiophene rings is 2. The van der Waals surface area contributed by atoms with E-state index in [-0.39, 0.29) is 6.54 Å². The molecular weight excluding hydrogens is 340 g/mol. The lowest BCUT2D eigenvalue weighted by Gasteiger charge is -2.01. The van der Waals surface area contributed by atoms with Gasteiger partial charge in [-0.15, -0.1) is 16.4 Å². The van der Waals surface area contributed by atoms with Crippen LogP contribution in [-0.2, 0) is 23.0 Å². The molecule has 0 aliphatic carbocycles. The van der Waals surface area contributed by atoms with Gasteiger partial charge in [-0.05, 0) is 30.0 Å². The molecule has 0 fully saturated rings.